The van der Waals surface area contributed by atoms with Gasteiger partial charge in [0.1, 0.15) is 6.10 Å². The molecule has 1 unspecified atom stereocenters. The van der Waals surface area contributed by atoms with Crippen molar-refractivity contribution in [3.63, 3.8) is 0 Å². The molecule has 1 amide bonds. The van der Waals surface area contributed by atoms with Crippen LogP contribution in [0.2, 0.25) is 0 Å². The highest BCUT2D eigenvalue weighted by Crippen LogP contribution is 2.47. The summed E-state index contributed by atoms with van der Waals surface area (Å²) in [6.45, 7) is 7.39. The highest BCUT2D eigenvalue weighted by Gasteiger charge is 2.49. The summed E-state index contributed by atoms with van der Waals surface area (Å²) in [5, 5.41) is 10.7. The molecule has 188 valence electrons. The number of likely N-dealkylation sites (tertiary alicyclic amines) is 1. The molecule has 0 radical (unpaired) electrons. The van der Waals surface area contributed by atoms with Crippen LogP contribution >= 0.6 is 0 Å². The number of esters is 1. The average molecular weight is 482 g/mol. The number of hydrogen-bond acceptors (Lipinski definition) is 6. The Morgan fingerprint density at radius 2 is 1.74 bits per heavy atom. The maximum Gasteiger partial charge on any atom is 0.303 e. The Morgan fingerprint density at radius 3 is 2.31 bits per heavy atom. The molecule has 35 heavy (non-hydrogen) atoms. The summed E-state index contributed by atoms with van der Waals surface area (Å²) < 4.78 is 17.1. The fourth-order valence-electron chi connectivity index (χ4n) is 5.43. The second-order valence-electron chi connectivity index (χ2n) is 10.0. The number of aliphatic hydroxyl groups is 1. The van der Waals surface area contributed by atoms with Gasteiger partial charge in [-0.15, -0.1) is 0 Å². The topological polar surface area (TPSA) is 85.3 Å². The van der Waals surface area contributed by atoms with Crippen LogP contribution in [0.4, 0.5) is 0 Å². The van der Waals surface area contributed by atoms with Gasteiger partial charge >= 0.3 is 5.97 Å². The largest absolute Gasteiger partial charge is 0.493 e. The number of fused-ring (bicyclic) bond motifs is 1. The van der Waals surface area contributed by atoms with Crippen LogP contribution in [0, 0.1) is 5.41 Å². The third-order valence-electron chi connectivity index (χ3n) is 7.58. The van der Waals surface area contributed by atoms with Gasteiger partial charge in [0.05, 0.1) is 13.2 Å². The molecule has 0 spiro atoms. The van der Waals surface area contributed by atoms with Gasteiger partial charge in [-0.3, -0.25) is 9.59 Å². The van der Waals surface area contributed by atoms with Crippen LogP contribution in [0.25, 0.3) is 0 Å². The van der Waals surface area contributed by atoms with Crippen LogP contribution in [0.5, 0.6) is 11.5 Å². The summed E-state index contributed by atoms with van der Waals surface area (Å²) in [5.41, 5.74) is 3.00. The van der Waals surface area contributed by atoms with Crippen molar-refractivity contribution < 1.29 is 28.9 Å². The van der Waals surface area contributed by atoms with Crippen molar-refractivity contribution in [2.24, 2.45) is 5.41 Å². The molecule has 1 aliphatic heterocycles. The van der Waals surface area contributed by atoms with E-state index in [0.29, 0.717) is 24.6 Å². The zero-order valence-corrected chi connectivity index (χ0v) is 21.1. The first-order valence-electron chi connectivity index (χ1n) is 12.2. The van der Waals surface area contributed by atoms with Crippen LogP contribution in [0.1, 0.15) is 50.3 Å². The second-order valence-corrected chi connectivity index (χ2v) is 10.0. The summed E-state index contributed by atoms with van der Waals surface area (Å²) in [6.07, 6.45) is 0.169. The molecule has 2 aliphatic rings. The van der Waals surface area contributed by atoms with Crippen LogP contribution in [0.15, 0.2) is 42.5 Å². The molecule has 7 nitrogen and oxygen atoms in total. The predicted molar refractivity (Wildman–Crippen MR) is 132 cm³/mol. The van der Waals surface area contributed by atoms with Gasteiger partial charge in [-0.05, 0) is 42.7 Å². The molecule has 1 saturated heterocycles. The van der Waals surface area contributed by atoms with E-state index in [1.54, 1.807) is 25.9 Å². The van der Waals surface area contributed by atoms with E-state index < -0.39 is 23.6 Å². The smallest absolute Gasteiger partial charge is 0.303 e. The summed E-state index contributed by atoms with van der Waals surface area (Å²) in [7, 11) is 1.62. The van der Waals surface area contributed by atoms with Gasteiger partial charge in [0.25, 0.3) is 5.91 Å². The average Bonchev–Trinajstić information content (AvgIpc) is 3.39. The molecular weight excluding hydrogens is 446 g/mol. The lowest BCUT2D eigenvalue weighted by molar-refractivity contribution is -0.157. The van der Waals surface area contributed by atoms with Gasteiger partial charge in [0.2, 0.25) is 0 Å². The van der Waals surface area contributed by atoms with E-state index >= 15 is 0 Å². The number of aliphatic hydroxyl groups excluding tert-OH is 1. The number of nitrogens with zero attached hydrogens (tertiary/aromatic N) is 1. The number of hydrogen-bond donors (Lipinski definition) is 1. The minimum Gasteiger partial charge on any atom is -0.493 e. The molecule has 4 atom stereocenters. The Balaban J connectivity index is 1.59. The third-order valence-corrected chi connectivity index (χ3v) is 7.58. The maximum atomic E-state index is 13.0. The lowest BCUT2D eigenvalue weighted by Crippen LogP contribution is -2.41. The number of carbonyl (C=O) groups is 2. The van der Waals surface area contributed by atoms with Crippen LogP contribution in [-0.4, -0.2) is 60.4 Å². The van der Waals surface area contributed by atoms with Crippen molar-refractivity contribution in [2.45, 2.75) is 64.8 Å². The van der Waals surface area contributed by atoms with Crippen LogP contribution in [0.3, 0.4) is 0 Å². The van der Waals surface area contributed by atoms with E-state index in [0.717, 1.165) is 18.4 Å². The van der Waals surface area contributed by atoms with E-state index in [1.165, 1.54) is 18.1 Å². The van der Waals surface area contributed by atoms with Crippen molar-refractivity contribution in [3.8, 4) is 11.5 Å². The summed E-state index contributed by atoms with van der Waals surface area (Å²) >= 11 is 0. The predicted octanol–water partition coefficient (Wildman–Crippen LogP) is 3.51. The van der Waals surface area contributed by atoms with Crippen molar-refractivity contribution in [1.29, 1.82) is 0 Å². The van der Waals surface area contributed by atoms with Gasteiger partial charge < -0.3 is 24.2 Å². The zero-order valence-electron chi connectivity index (χ0n) is 21.1. The minimum absolute atomic E-state index is 0.0194. The minimum atomic E-state index is -0.872. The molecule has 7 heteroatoms. The van der Waals surface area contributed by atoms with Crippen LogP contribution < -0.4 is 9.47 Å². The first kappa shape index (κ1) is 25.0. The Hall–Kier alpha value is -3.06. The van der Waals surface area contributed by atoms with Gasteiger partial charge in [-0.2, -0.15) is 0 Å². The van der Waals surface area contributed by atoms with E-state index in [2.05, 4.69) is 24.3 Å². The fourth-order valence-corrected chi connectivity index (χ4v) is 5.43. The molecule has 0 bridgehead atoms. The normalized spacial score (nSPS) is 23.5. The molecule has 4 rings (SSSR count). The van der Waals surface area contributed by atoms with Crippen molar-refractivity contribution in [1.82, 2.24) is 4.90 Å². The van der Waals surface area contributed by atoms with Crippen molar-refractivity contribution >= 4 is 11.9 Å². The van der Waals surface area contributed by atoms with E-state index in [4.69, 9.17) is 14.2 Å². The monoisotopic (exact) mass is 481 g/mol. The van der Waals surface area contributed by atoms with Gasteiger partial charge in [-0.1, -0.05) is 37.3 Å². The molecule has 1 aliphatic carbocycles. The molecule has 1 heterocycles. The Bertz CT molecular complexity index is 1070. The highest BCUT2D eigenvalue weighted by molar-refractivity contribution is 5.83. The van der Waals surface area contributed by atoms with Crippen molar-refractivity contribution in [3.05, 3.63) is 59.2 Å². The first-order valence-corrected chi connectivity index (χ1v) is 12.2. The Labute approximate surface area is 207 Å². The number of rotatable bonds is 7. The van der Waals surface area contributed by atoms with Gasteiger partial charge in [-0.25, -0.2) is 0 Å². The quantitative estimate of drug-likeness (QED) is 0.610. The summed E-state index contributed by atoms with van der Waals surface area (Å²) in [6, 6.07) is 14.2. The molecule has 1 N–H and O–H groups in total. The molecule has 0 saturated carbocycles. The molecule has 2 aromatic carbocycles. The van der Waals surface area contributed by atoms with E-state index in [1.807, 2.05) is 25.1 Å². The van der Waals surface area contributed by atoms with Crippen molar-refractivity contribution in [2.75, 3.05) is 20.2 Å². The number of benzene rings is 2. The fraction of sp³-hybridized carbons (Fsp3) is 0.500. The van der Waals surface area contributed by atoms with Gasteiger partial charge in [0, 0.05) is 44.2 Å². The lowest BCUT2D eigenvalue weighted by Gasteiger charge is -2.34. The summed E-state index contributed by atoms with van der Waals surface area (Å²) in [4.78, 5) is 26.0. The van der Waals surface area contributed by atoms with E-state index in [9.17, 15) is 14.7 Å². The zero-order chi connectivity index (χ0) is 25.3. The maximum absolute atomic E-state index is 13.0. The number of ether oxygens (including phenoxy) is 3. The highest BCUT2D eigenvalue weighted by atomic mass is 16.5. The van der Waals surface area contributed by atoms with Crippen LogP contribution in [-0.2, 0) is 27.2 Å². The number of carbonyl (C=O) groups excluding carboxylic acids is 2. The molecule has 1 fully saturated rings. The first-order chi connectivity index (χ1) is 16.6. The number of amides is 1. The standard InChI is InChI=1S/C28H35NO6/c1-17(34-19(3)31)27(32)29-15-24(28(4,16-29)18(2)30)22-10-11-25(33-5)26(14-22)35-23-12-20-8-6-7-9-21(20)13-23/h6-11,14,17-18,23-24,30H,12-13,15-16H2,1-5H3/t17?,18-,24+,28+/m1/s1. The molecule has 0 aromatic heterocycles. The van der Waals surface area contributed by atoms with Gasteiger partial charge in [0.15, 0.2) is 17.6 Å². The lowest BCUT2D eigenvalue weighted by atomic mass is 9.72. The second kappa shape index (κ2) is 9.90. The summed E-state index contributed by atoms with van der Waals surface area (Å²) in [5.74, 6) is 0.422. The molecule has 2 aromatic rings. The Kier molecular flexibility index (Phi) is 7.08. The third kappa shape index (κ3) is 5.01. The number of methoxy groups -OCH3 is 1. The van der Waals surface area contributed by atoms with E-state index in [-0.39, 0.29) is 17.9 Å². The molecular formula is C28H35NO6. The SMILES string of the molecule is COc1ccc([C@@H]2CN(C(=O)C(C)OC(C)=O)C[C@@]2(C)[C@@H](C)O)cc1OC1Cc2ccccc2C1. The Morgan fingerprint density at radius 1 is 1.09 bits per heavy atom.